The minimum absolute atomic E-state index is 0.211. The summed E-state index contributed by atoms with van der Waals surface area (Å²) in [5, 5.41) is 16.1. The van der Waals surface area contributed by atoms with Gasteiger partial charge in [0.1, 0.15) is 6.33 Å². The highest BCUT2D eigenvalue weighted by molar-refractivity contribution is 6.00. The van der Waals surface area contributed by atoms with Gasteiger partial charge in [-0.25, -0.2) is 23.7 Å². The van der Waals surface area contributed by atoms with E-state index in [9.17, 15) is 18.0 Å². The molecule has 220 valence electrons. The van der Waals surface area contributed by atoms with Crippen molar-refractivity contribution in [3.63, 3.8) is 0 Å². The maximum atomic E-state index is 13.4. The van der Waals surface area contributed by atoms with Gasteiger partial charge in [0.25, 0.3) is 0 Å². The molecule has 0 aliphatic carbocycles. The zero-order valence-corrected chi connectivity index (χ0v) is 23.7. The van der Waals surface area contributed by atoms with Crippen LogP contribution in [-0.2, 0) is 9.53 Å². The fourth-order valence-corrected chi connectivity index (χ4v) is 5.41. The van der Waals surface area contributed by atoms with Gasteiger partial charge in [0.15, 0.2) is 5.65 Å². The van der Waals surface area contributed by atoms with E-state index in [0.717, 1.165) is 64.9 Å². The monoisotopic (exact) mass is 573 g/mol. The van der Waals surface area contributed by atoms with Crippen LogP contribution >= 0.6 is 0 Å². The first kappa shape index (κ1) is 30.0. The number of aryl methyl sites for hydroxylation is 1. The highest BCUT2D eigenvalue weighted by Gasteiger charge is 2.38. The molecule has 41 heavy (non-hydrogen) atoms. The van der Waals surface area contributed by atoms with Crippen molar-refractivity contribution < 1.29 is 32.6 Å². The first-order valence-electron chi connectivity index (χ1n) is 13.5. The molecule has 9 nitrogen and oxygen atoms in total. The fourth-order valence-electron chi connectivity index (χ4n) is 5.41. The number of ether oxygens (including phenoxy) is 1. The molecule has 3 aromatic heterocycles. The second kappa shape index (κ2) is 11.9. The van der Waals surface area contributed by atoms with Crippen LogP contribution in [-0.4, -0.2) is 62.2 Å². The number of nitrogens with zero attached hydrogens (tertiary/aromatic N) is 4. The van der Waals surface area contributed by atoms with E-state index in [2.05, 4.69) is 61.3 Å². The van der Waals surface area contributed by atoms with Crippen molar-refractivity contribution in [2.24, 2.45) is 0 Å². The number of hydrogen-bond acceptors (Lipinski definition) is 6. The second-order valence-corrected chi connectivity index (χ2v) is 10.4. The third-order valence-electron chi connectivity index (χ3n) is 7.49. The molecule has 0 saturated carbocycles. The molecule has 1 fully saturated rings. The lowest BCUT2D eigenvalue weighted by atomic mass is 9.88. The Kier molecular flexibility index (Phi) is 8.71. The van der Waals surface area contributed by atoms with Crippen molar-refractivity contribution in [2.45, 2.75) is 65.5 Å². The number of pyridine rings is 1. The van der Waals surface area contributed by atoms with E-state index in [1.807, 2.05) is 13.1 Å². The molecule has 4 heterocycles. The van der Waals surface area contributed by atoms with E-state index >= 15 is 0 Å². The normalized spacial score (nSPS) is 14.4. The Labute approximate surface area is 235 Å². The number of piperidine rings is 1. The van der Waals surface area contributed by atoms with Gasteiger partial charge < -0.3 is 15.2 Å². The summed E-state index contributed by atoms with van der Waals surface area (Å²) in [5.41, 5.74) is 8.26. The highest BCUT2D eigenvalue weighted by atomic mass is 19.4. The molecule has 5 rings (SSSR count). The van der Waals surface area contributed by atoms with Crippen LogP contribution in [0.5, 0.6) is 0 Å². The van der Waals surface area contributed by atoms with E-state index in [-0.39, 0.29) is 12.0 Å². The SMILES string of the molecule is CCOC(=O)n1c(-c2cn3ncnc3c(C)c2C)c(C(C)C)c2cc(C3CCNCC3)ccc21.O=C(O)C(F)(F)F. The van der Waals surface area contributed by atoms with Gasteiger partial charge in [-0.3, -0.25) is 0 Å². The number of alkyl halides is 3. The Balaban J connectivity index is 0.000000493. The summed E-state index contributed by atoms with van der Waals surface area (Å²) in [6.45, 7) is 12.8. The minimum Gasteiger partial charge on any atom is -0.475 e. The van der Waals surface area contributed by atoms with Crippen LogP contribution < -0.4 is 5.32 Å². The van der Waals surface area contributed by atoms with Crippen molar-refractivity contribution in [2.75, 3.05) is 19.7 Å². The molecule has 0 unspecified atom stereocenters. The molecule has 1 saturated heterocycles. The van der Waals surface area contributed by atoms with Gasteiger partial charge in [-0.15, -0.1) is 0 Å². The molecule has 0 radical (unpaired) electrons. The lowest BCUT2D eigenvalue weighted by Gasteiger charge is -2.23. The van der Waals surface area contributed by atoms with Gasteiger partial charge in [-0.05, 0) is 92.9 Å². The molecule has 0 bridgehead atoms. The number of hydrogen-bond donors (Lipinski definition) is 2. The molecule has 12 heteroatoms. The zero-order valence-electron chi connectivity index (χ0n) is 23.7. The molecular formula is C29H34F3N5O4. The molecule has 1 aliphatic rings. The third-order valence-corrected chi connectivity index (χ3v) is 7.49. The van der Waals surface area contributed by atoms with Gasteiger partial charge in [0.05, 0.1) is 17.8 Å². The number of benzene rings is 1. The summed E-state index contributed by atoms with van der Waals surface area (Å²) in [6.07, 6.45) is 0.402. The van der Waals surface area contributed by atoms with Crippen LogP contribution in [0.4, 0.5) is 18.0 Å². The standard InChI is InChI=1S/C27H33N5O2.C2HF3O2/c1-6-34-27(33)32-23-8-7-20(19-9-11-28-12-10-19)13-21(23)24(16(2)3)25(32)22-14-31-26(29-15-30-31)18(5)17(22)4;3-2(4,5)1(6)7/h7-8,13-16,19,28H,6,9-12H2,1-5H3;(H,6,7). The van der Waals surface area contributed by atoms with Crippen LogP contribution in [0.25, 0.3) is 27.8 Å². The van der Waals surface area contributed by atoms with Crippen LogP contribution in [0.3, 0.4) is 0 Å². The fraction of sp³-hybridized carbons (Fsp3) is 0.448. The number of aromatic nitrogens is 4. The maximum Gasteiger partial charge on any atom is 0.490 e. The number of carbonyl (C=O) groups is 2. The molecule has 0 amide bonds. The summed E-state index contributed by atoms with van der Waals surface area (Å²) >= 11 is 0. The van der Waals surface area contributed by atoms with Gasteiger partial charge >= 0.3 is 18.2 Å². The van der Waals surface area contributed by atoms with Crippen molar-refractivity contribution in [1.29, 1.82) is 0 Å². The maximum absolute atomic E-state index is 13.4. The number of aliphatic carboxylic acids is 1. The number of halogens is 3. The molecule has 4 aromatic rings. The van der Waals surface area contributed by atoms with E-state index < -0.39 is 12.1 Å². The number of carboxylic acids is 1. The van der Waals surface area contributed by atoms with Gasteiger partial charge in [-0.1, -0.05) is 19.9 Å². The van der Waals surface area contributed by atoms with Crippen LogP contribution in [0.2, 0.25) is 0 Å². The Morgan fingerprint density at radius 1 is 1.17 bits per heavy atom. The Bertz CT molecular complexity index is 1580. The third kappa shape index (κ3) is 5.92. The number of carboxylic acid groups (broad SMARTS) is 1. The average Bonchev–Trinajstić information content (AvgIpc) is 3.53. The molecule has 1 aliphatic heterocycles. The molecule has 1 aromatic carbocycles. The molecule has 2 N–H and O–H groups in total. The lowest BCUT2D eigenvalue weighted by molar-refractivity contribution is -0.192. The first-order valence-corrected chi connectivity index (χ1v) is 13.5. The quantitative estimate of drug-likeness (QED) is 0.299. The van der Waals surface area contributed by atoms with Crippen molar-refractivity contribution in [3.05, 3.63) is 53.0 Å². The highest BCUT2D eigenvalue weighted by Crippen LogP contribution is 2.42. The summed E-state index contributed by atoms with van der Waals surface area (Å²) in [6, 6.07) is 6.62. The lowest BCUT2D eigenvalue weighted by Crippen LogP contribution is -2.26. The largest absolute Gasteiger partial charge is 0.490 e. The zero-order chi connectivity index (χ0) is 30.1. The number of rotatable bonds is 4. The molecule has 0 atom stereocenters. The van der Waals surface area contributed by atoms with Crippen molar-refractivity contribution in [1.82, 2.24) is 24.5 Å². The van der Waals surface area contributed by atoms with E-state index in [0.29, 0.717) is 12.5 Å². The number of fused-ring (bicyclic) bond motifs is 2. The van der Waals surface area contributed by atoms with Crippen LogP contribution in [0.15, 0.2) is 30.7 Å². The molecular weight excluding hydrogens is 539 g/mol. The molecule has 0 spiro atoms. The van der Waals surface area contributed by atoms with E-state index in [1.165, 1.54) is 11.1 Å². The van der Waals surface area contributed by atoms with Gasteiger partial charge in [0, 0.05) is 17.1 Å². The Hall–Kier alpha value is -3.93. The van der Waals surface area contributed by atoms with E-state index in [1.54, 1.807) is 15.4 Å². The number of nitrogens with one attached hydrogen (secondary N) is 1. The van der Waals surface area contributed by atoms with Crippen molar-refractivity contribution >= 4 is 28.6 Å². The van der Waals surface area contributed by atoms with Crippen molar-refractivity contribution in [3.8, 4) is 11.3 Å². The number of carbonyl (C=O) groups excluding carboxylic acids is 1. The average molecular weight is 574 g/mol. The predicted octanol–water partition coefficient (Wildman–Crippen LogP) is 6.20. The summed E-state index contributed by atoms with van der Waals surface area (Å²) in [5.74, 6) is -2.01. The second-order valence-electron chi connectivity index (χ2n) is 10.4. The summed E-state index contributed by atoms with van der Waals surface area (Å²) < 4.78 is 40.9. The van der Waals surface area contributed by atoms with Crippen LogP contribution in [0.1, 0.15) is 67.7 Å². The summed E-state index contributed by atoms with van der Waals surface area (Å²) in [4.78, 5) is 26.7. The van der Waals surface area contributed by atoms with Gasteiger partial charge in [0.2, 0.25) is 0 Å². The smallest absolute Gasteiger partial charge is 0.475 e. The minimum atomic E-state index is -5.08. The Morgan fingerprint density at radius 2 is 1.83 bits per heavy atom. The summed E-state index contributed by atoms with van der Waals surface area (Å²) in [7, 11) is 0. The van der Waals surface area contributed by atoms with Gasteiger partial charge in [-0.2, -0.15) is 18.3 Å². The topological polar surface area (TPSA) is 111 Å². The predicted molar refractivity (Wildman–Crippen MR) is 148 cm³/mol. The Morgan fingerprint density at radius 3 is 2.41 bits per heavy atom. The van der Waals surface area contributed by atoms with Crippen LogP contribution in [0, 0.1) is 13.8 Å². The first-order chi connectivity index (χ1) is 19.4. The van der Waals surface area contributed by atoms with E-state index in [4.69, 9.17) is 14.6 Å².